The van der Waals surface area contributed by atoms with Crippen molar-refractivity contribution in [2.75, 3.05) is 10.0 Å². The van der Waals surface area contributed by atoms with E-state index in [0.717, 1.165) is 16.0 Å². The number of hydrogen-bond donors (Lipinski definition) is 0. The fourth-order valence-electron chi connectivity index (χ4n) is 4.04. The number of hydrazine groups is 1. The summed E-state index contributed by atoms with van der Waals surface area (Å²) in [6.07, 6.45) is 1.64. The molecule has 5 nitrogen and oxygen atoms in total. The number of benzene rings is 3. The first-order chi connectivity index (χ1) is 16.6. The highest BCUT2D eigenvalue weighted by atomic mass is 32.1. The van der Waals surface area contributed by atoms with E-state index in [0.29, 0.717) is 21.9 Å². The molecule has 4 aromatic rings. The van der Waals surface area contributed by atoms with Crippen LogP contribution in [0, 0.1) is 13.5 Å². The van der Waals surface area contributed by atoms with Crippen molar-refractivity contribution in [2.24, 2.45) is 0 Å². The van der Waals surface area contributed by atoms with E-state index in [-0.39, 0.29) is 5.57 Å². The molecule has 0 saturated carbocycles. The Morgan fingerprint density at radius 1 is 0.765 bits per heavy atom. The molecule has 0 atom stereocenters. The Balaban J connectivity index is 1.69. The topological polar surface area (TPSA) is 45.0 Å². The quantitative estimate of drug-likeness (QED) is 0.194. The van der Waals surface area contributed by atoms with Crippen molar-refractivity contribution in [3.8, 4) is 11.1 Å². The summed E-state index contributed by atoms with van der Waals surface area (Å²) in [5, 5.41) is 2.81. The lowest BCUT2D eigenvalue weighted by Crippen LogP contribution is -2.41. The number of hydrogen-bond acceptors (Lipinski definition) is 3. The van der Waals surface area contributed by atoms with Gasteiger partial charge in [0.1, 0.15) is 5.57 Å². The zero-order chi connectivity index (χ0) is 23.7. The average molecular weight is 462 g/mol. The summed E-state index contributed by atoms with van der Waals surface area (Å²) in [6, 6.07) is 27.8. The number of aryl methyl sites for hydroxylation is 1. The Morgan fingerprint density at radius 3 is 1.71 bits per heavy atom. The van der Waals surface area contributed by atoms with Gasteiger partial charge in [0.05, 0.1) is 17.9 Å². The number of nitrogens with zero attached hydrogens (tertiary/aromatic N) is 3. The summed E-state index contributed by atoms with van der Waals surface area (Å²) in [6.45, 7) is 9.59. The van der Waals surface area contributed by atoms with Gasteiger partial charge in [-0.25, -0.2) is 14.9 Å². The third-order valence-electron chi connectivity index (χ3n) is 5.58. The number of thiophene rings is 1. The van der Waals surface area contributed by atoms with Gasteiger partial charge in [-0.3, -0.25) is 9.59 Å². The maximum atomic E-state index is 13.7. The van der Waals surface area contributed by atoms with Crippen molar-refractivity contribution >= 4 is 46.3 Å². The Bertz CT molecular complexity index is 1390. The molecule has 1 fully saturated rings. The maximum Gasteiger partial charge on any atom is 0.283 e. The highest BCUT2D eigenvalue weighted by Gasteiger charge is 2.43. The van der Waals surface area contributed by atoms with E-state index in [1.807, 2.05) is 73.7 Å². The Hall–Kier alpha value is -4.47. The molecule has 1 aliphatic heterocycles. The van der Waals surface area contributed by atoms with Gasteiger partial charge in [-0.1, -0.05) is 66.7 Å². The van der Waals surface area contributed by atoms with Crippen molar-refractivity contribution in [2.45, 2.75) is 6.92 Å². The Labute approximate surface area is 201 Å². The lowest BCUT2D eigenvalue weighted by molar-refractivity contribution is -0.116. The lowest BCUT2D eigenvalue weighted by Gasteiger charge is -2.27. The fourth-order valence-corrected chi connectivity index (χ4v) is 5.10. The monoisotopic (exact) mass is 461 g/mol. The van der Waals surface area contributed by atoms with Gasteiger partial charge in [0.25, 0.3) is 11.8 Å². The van der Waals surface area contributed by atoms with Gasteiger partial charge < -0.3 is 0 Å². The van der Waals surface area contributed by atoms with Crippen LogP contribution in [0.25, 0.3) is 22.0 Å². The summed E-state index contributed by atoms with van der Waals surface area (Å²) < 4.78 is 0. The standard InChI is InChI=1S/C28H19N3O2S/c1-19-26(29-2)25(20-12-6-3-7-13-20)24(34-19)18-23-27(32)30(21-14-8-4-9-15-21)31(28(23)33)22-16-10-5-11-17-22/h3-18H,1H3. The molecule has 2 amide bonds. The molecule has 0 aliphatic carbocycles. The number of para-hydroxylation sites is 2. The first-order valence-electron chi connectivity index (χ1n) is 10.7. The average Bonchev–Trinajstić information content (AvgIpc) is 3.33. The number of amides is 2. The summed E-state index contributed by atoms with van der Waals surface area (Å²) >= 11 is 1.41. The summed E-state index contributed by atoms with van der Waals surface area (Å²) in [4.78, 5) is 32.6. The summed E-state index contributed by atoms with van der Waals surface area (Å²) in [5.74, 6) is -0.816. The predicted molar refractivity (Wildman–Crippen MR) is 137 cm³/mol. The van der Waals surface area contributed by atoms with Crippen LogP contribution in [0.3, 0.4) is 0 Å². The van der Waals surface area contributed by atoms with Crippen LogP contribution in [0.15, 0.2) is 96.6 Å². The van der Waals surface area contributed by atoms with Gasteiger partial charge >= 0.3 is 0 Å². The molecule has 0 bridgehead atoms. The summed E-state index contributed by atoms with van der Waals surface area (Å²) in [7, 11) is 0. The molecule has 34 heavy (non-hydrogen) atoms. The molecular weight excluding hydrogens is 442 g/mol. The van der Waals surface area contributed by atoms with Crippen LogP contribution >= 0.6 is 11.3 Å². The Kier molecular flexibility index (Phi) is 5.54. The zero-order valence-electron chi connectivity index (χ0n) is 18.3. The third kappa shape index (κ3) is 3.58. The molecule has 1 saturated heterocycles. The second-order valence-corrected chi connectivity index (χ2v) is 8.94. The van der Waals surface area contributed by atoms with E-state index in [2.05, 4.69) is 4.85 Å². The van der Waals surface area contributed by atoms with E-state index < -0.39 is 11.8 Å². The van der Waals surface area contributed by atoms with Crippen molar-refractivity contribution in [3.63, 3.8) is 0 Å². The van der Waals surface area contributed by atoms with E-state index in [9.17, 15) is 9.59 Å². The second kappa shape index (κ2) is 8.81. The molecule has 1 aromatic heterocycles. The van der Waals surface area contributed by atoms with Gasteiger partial charge in [-0.15, -0.1) is 0 Å². The molecular formula is C28H19N3O2S. The lowest BCUT2D eigenvalue weighted by atomic mass is 10.0. The van der Waals surface area contributed by atoms with E-state index >= 15 is 0 Å². The minimum Gasteiger partial charge on any atom is -0.267 e. The van der Waals surface area contributed by atoms with Crippen LogP contribution in [0.4, 0.5) is 17.1 Å². The van der Waals surface area contributed by atoms with Crippen molar-refractivity contribution < 1.29 is 9.59 Å². The van der Waals surface area contributed by atoms with Gasteiger partial charge in [-0.05, 0) is 42.8 Å². The van der Waals surface area contributed by atoms with E-state index in [1.54, 1.807) is 30.3 Å². The molecule has 0 N–H and O–H groups in total. The molecule has 6 heteroatoms. The van der Waals surface area contributed by atoms with Crippen LogP contribution in [0.5, 0.6) is 0 Å². The molecule has 164 valence electrons. The van der Waals surface area contributed by atoms with Crippen LogP contribution < -0.4 is 10.0 Å². The first-order valence-corrected chi connectivity index (χ1v) is 11.5. The van der Waals surface area contributed by atoms with E-state index in [4.69, 9.17) is 6.57 Å². The normalized spacial score (nSPS) is 13.4. The van der Waals surface area contributed by atoms with Crippen molar-refractivity contribution in [3.05, 3.63) is 118 Å². The minimum atomic E-state index is -0.408. The van der Waals surface area contributed by atoms with Crippen LogP contribution in [-0.2, 0) is 9.59 Å². The number of rotatable bonds is 4. The SMILES string of the molecule is [C-]#[N+]c1c(C)sc(C=C2C(=O)N(c3ccccc3)N(c3ccccc3)C2=O)c1-c1ccccc1. The van der Waals surface area contributed by atoms with Crippen molar-refractivity contribution in [1.82, 2.24) is 0 Å². The number of carbonyl (C=O) groups excluding carboxylic acids is 2. The molecule has 0 unspecified atom stereocenters. The van der Waals surface area contributed by atoms with Gasteiger partial charge in [0.2, 0.25) is 5.69 Å². The molecule has 3 aromatic carbocycles. The van der Waals surface area contributed by atoms with Crippen molar-refractivity contribution in [1.29, 1.82) is 0 Å². The smallest absolute Gasteiger partial charge is 0.267 e. The first kappa shape index (κ1) is 21.4. The Morgan fingerprint density at radius 2 is 1.24 bits per heavy atom. The fraction of sp³-hybridized carbons (Fsp3) is 0.0357. The van der Waals surface area contributed by atoms with E-state index in [1.165, 1.54) is 21.4 Å². The van der Waals surface area contributed by atoms with Crippen LogP contribution in [-0.4, -0.2) is 11.8 Å². The maximum absolute atomic E-state index is 13.7. The minimum absolute atomic E-state index is 0.0580. The van der Waals surface area contributed by atoms with Gasteiger partial charge in [0.15, 0.2) is 0 Å². The molecule has 5 rings (SSSR count). The van der Waals surface area contributed by atoms with Gasteiger partial charge in [-0.2, -0.15) is 11.3 Å². The van der Waals surface area contributed by atoms with Gasteiger partial charge in [0, 0.05) is 15.3 Å². The molecule has 1 aliphatic rings. The van der Waals surface area contributed by atoms with Crippen LogP contribution in [0.2, 0.25) is 0 Å². The summed E-state index contributed by atoms with van der Waals surface area (Å²) in [5.41, 5.74) is 3.42. The largest absolute Gasteiger partial charge is 0.283 e. The molecule has 0 spiro atoms. The third-order valence-corrected chi connectivity index (χ3v) is 6.62. The highest BCUT2D eigenvalue weighted by molar-refractivity contribution is 7.14. The van der Waals surface area contributed by atoms with Crippen LogP contribution in [0.1, 0.15) is 9.75 Å². The molecule has 0 radical (unpaired) electrons. The number of carbonyl (C=O) groups is 2. The predicted octanol–water partition coefficient (Wildman–Crippen LogP) is 6.65. The second-order valence-electron chi connectivity index (χ2n) is 7.69. The molecule has 2 heterocycles. The zero-order valence-corrected chi connectivity index (χ0v) is 19.1. The highest BCUT2D eigenvalue weighted by Crippen LogP contribution is 2.44. The number of anilines is 2.